The molecule has 28 heavy (non-hydrogen) atoms. The summed E-state index contributed by atoms with van der Waals surface area (Å²) in [5.41, 5.74) is 2.92. The summed E-state index contributed by atoms with van der Waals surface area (Å²) in [7, 11) is 1.64. The van der Waals surface area contributed by atoms with E-state index in [4.69, 9.17) is 9.15 Å². The van der Waals surface area contributed by atoms with Crippen LogP contribution in [0, 0.1) is 0 Å². The minimum absolute atomic E-state index is 0.155. The maximum absolute atomic E-state index is 12.4. The number of rotatable bonds is 5. The second kappa shape index (κ2) is 6.45. The molecule has 0 saturated heterocycles. The summed E-state index contributed by atoms with van der Waals surface area (Å²) < 4.78 is 14.5. The number of nitrogens with zero attached hydrogens (tertiary/aromatic N) is 3. The number of furan rings is 1. The van der Waals surface area contributed by atoms with Gasteiger partial charge in [-0.25, -0.2) is 9.48 Å². The first-order valence-electron chi connectivity index (χ1n) is 9.02. The predicted octanol–water partition coefficient (Wildman–Crippen LogP) is 3.52. The average molecular weight is 374 g/mol. The van der Waals surface area contributed by atoms with Crippen LogP contribution < -0.4 is 15.7 Å². The Morgan fingerprint density at radius 3 is 2.79 bits per heavy atom. The van der Waals surface area contributed by atoms with E-state index in [1.165, 1.54) is 9.08 Å². The second-order valence-electron chi connectivity index (χ2n) is 6.51. The van der Waals surface area contributed by atoms with Gasteiger partial charge in [0.25, 0.3) is 0 Å². The summed E-state index contributed by atoms with van der Waals surface area (Å²) >= 11 is 0. The number of para-hydroxylation sites is 1. The Morgan fingerprint density at radius 2 is 1.93 bits per heavy atom. The summed E-state index contributed by atoms with van der Waals surface area (Å²) in [4.78, 5) is 12.4. The fraction of sp³-hybridized carbons (Fsp3) is 0.143. The van der Waals surface area contributed by atoms with Crippen molar-refractivity contribution in [2.45, 2.75) is 6.54 Å². The van der Waals surface area contributed by atoms with E-state index in [0.29, 0.717) is 18.7 Å². The lowest BCUT2D eigenvalue weighted by molar-refractivity contribution is 0.416. The van der Waals surface area contributed by atoms with Crippen LogP contribution in [0.1, 0.15) is 0 Å². The minimum Gasteiger partial charge on any atom is -0.495 e. The number of pyridine rings is 1. The maximum Gasteiger partial charge on any atom is 0.350 e. The van der Waals surface area contributed by atoms with Crippen molar-refractivity contribution in [1.82, 2.24) is 14.2 Å². The number of fused-ring (bicyclic) bond motifs is 4. The minimum atomic E-state index is -0.155. The Morgan fingerprint density at radius 1 is 1.07 bits per heavy atom. The van der Waals surface area contributed by atoms with Crippen LogP contribution in [0.2, 0.25) is 0 Å². The van der Waals surface area contributed by atoms with Crippen LogP contribution in [0.5, 0.6) is 5.75 Å². The number of aromatic nitrogens is 3. The average Bonchev–Trinajstić information content (AvgIpc) is 3.25. The molecule has 0 bridgehead atoms. The van der Waals surface area contributed by atoms with Crippen LogP contribution in [0.15, 0.2) is 70.0 Å². The van der Waals surface area contributed by atoms with E-state index in [1.807, 2.05) is 54.6 Å². The summed E-state index contributed by atoms with van der Waals surface area (Å²) in [5, 5.41) is 9.73. The third kappa shape index (κ3) is 2.60. The van der Waals surface area contributed by atoms with Crippen LogP contribution in [0.4, 0.5) is 5.69 Å². The number of anilines is 1. The number of nitrogens with one attached hydrogen (secondary N) is 1. The van der Waals surface area contributed by atoms with Crippen molar-refractivity contribution in [3.05, 3.63) is 71.3 Å². The first-order valence-corrected chi connectivity index (χ1v) is 9.02. The standard InChI is InChI=1S/C21H18N4O3/c1-27-19-12-15-14-6-2-3-7-17(14)28-18(15)13-16(19)22-9-11-25-21(26)24-10-5-4-8-20(24)23-25/h2-8,10,12-13,22H,9,11H2,1H3. The highest BCUT2D eigenvalue weighted by Crippen LogP contribution is 2.36. The molecule has 0 radical (unpaired) electrons. The smallest absolute Gasteiger partial charge is 0.350 e. The van der Waals surface area contributed by atoms with Gasteiger partial charge in [-0.1, -0.05) is 24.3 Å². The van der Waals surface area contributed by atoms with Crippen molar-refractivity contribution in [2.75, 3.05) is 19.0 Å². The lowest BCUT2D eigenvalue weighted by atomic mass is 10.1. The lowest BCUT2D eigenvalue weighted by Crippen LogP contribution is -2.24. The highest BCUT2D eigenvalue weighted by Gasteiger charge is 2.12. The number of ether oxygens (including phenoxy) is 1. The van der Waals surface area contributed by atoms with Gasteiger partial charge in [0, 0.05) is 29.6 Å². The molecule has 7 nitrogen and oxygen atoms in total. The van der Waals surface area contributed by atoms with Crippen molar-refractivity contribution in [3.63, 3.8) is 0 Å². The van der Waals surface area contributed by atoms with Crippen molar-refractivity contribution in [3.8, 4) is 5.75 Å². The molecule has 0 fully saturated rings. The summed E-state index contributed by atoms with van der Waals surface area (Å²) in [5.74, 6) is 0.724. The highest BCUT2D eigenvalue weighted by atomic mass is 16.5. The van der Waals surface area contributed by atoms with Gasteiger partial charge >= 0.3 is 5.69 Å². The van der Waals surface area contributed by atoms with Crippen molar-refractivity contribution in [1.29, 1.82) is 0 Å². The van der Waals surface area contributed by atoms with E-state index in [1.54, 1.807) is 13.3 Å². The van der Waals surface area contributed by atoms with E-state index in [9.17, 15) is 4.79 Å². The quantitative estimate of drug-likeness (QED) is 0.510. The van der Waals surface area contributed by atoms with E-state index in [2.05, 4.69) is 10.4 Å². The van der Waals surface area contributed by atoms with Crippen molar-refractivity contribution >= 4 is 33.3 Å². The molecule has 140 valence electrons. The topological polar surface area (TPSA) is 73.7 Å². The fourth-order valence-electron chi connectivity index (χ4n) is 3.47. The van der Waals surface area contributed by atoms with Gasteiger partial charge in [-0.3, -0.25) is 4.40 Å². The number of benzene rings is 2. The zero-order valence-corrected chi connectivity index (χ0v) is 15.3. The molecule has 0 amide bonds. The number of hydrogen-bond acceptors (Lipinski definition) is 5. The summed E-state index contributed by atoms with van der Waals surface area (Å²) in [6.45, 7) is 0.952. The van der Waals surface area contributed by atoms with Crippen molar-refractivity contribution < 1.29 is 9.15 Å². The molecule has 5 aromatic rings. The third-order valence-corrected chi connectivity index (χ3v) is 4.83. The highest BCUT2D eigenvalue weighted by molar-refractivity contribution is 6.06. The van der Waals surface area contributed by atoms with Gasteiger partial charge in [0.15, 0.2) is 5.65 Å². The maximum atomic E-state index is 12.4. The van der Waals surface area contributed by atoms with Crippen molar-refractivity contribution in [2.24, 2.45) is 0 Å². The number of hydrogen-bond donors (Lipinski definition) is 1. The van der Waals surface area contributed by atoms with E-state index in [0.717, 1.165) is 33.4 Å². The molecular weight excluding hydrogens is 356 g/mol. The van der Waals surface area contributed by atoms with Gasteiger partial charge in [0.1, 0.15) is 16.9 Å². The number of methoxy groups -OCH3 is 1. The fourth-order valence-corrected chi connectivity index (χ4v) is 3.47. The third-order valence-electron chi connectivity index (χ3n) is 4.83. The van der Waals surface area contributed by atoms with Gasteiger partial charge in [0.05, 0.1) is 19.3 Å². The first-order chi connectivity index (χ1) is 13.7. The predicted molar refractivity (Wildman–Crippen MR) is 108 cm³/mol. The molecule has 0 aliphatic rings. The van der Waals surface area contributed by atoms with Crippen LogP contribution in [-0.4, -0.2) is 27.8 Å². The first kappa shape index (κ1) is 16.4. The zero-order valence-electron chi connectivity index (χ0n) is 15.3. The molecule has 2 aromatic carbocycles. The molecule has 0 atom stereocenters. The molecule has 7 heteroatoms. The second-order valence-corrected chi connectivity index (χ2v) is 6.51. The molecule has 0 unspecified atom stereocenters. The van der Waals surface area contributed by atoms with Crippen LogP contribution in [0.3, 0.4) is 0 Å². The lowest BCUT2D eigenvalue weighted by Gasteiger charge is -2.11. The van der Waals surface area contributed by atoms with Gasteiger partial charge in [-0.15, -0.1) is 5.10 Å². The monoisotopic (exact) mass is 374 g/mol. The van der Waals surface area contributed by atoms with Gasteiger partial charge in [-0.2, -0.15) is 0 Å². The normalized spacial score (nSPS) is 11.5. The molecule has 0 saturated carbocycles. The molecule has 0 spiro atoms. The molecular formula is C21H18N4O3. The zero-order chi connectivity index (χ0) is 19.1. The molecule has 0 aliphatic heterocycles. The van der Waals surface area contributed by atoms with E-state index in [-0.39, 0.29) is 5.69 Å². The Labute approximate surface area is 159 Å². The van der Waals surface area contributed by atoms with Crippen LogP contribution in [-0.2, 0) is 6.54 Å². The Balaban J connectivity index is 1.43. The van der Waals surface area contributed by atoms with Gasteiger partial charge in [-0.05, 0) is 24.3 Å². The molecule has 3 heterocycles. The summed E-state index contributed by atoms with van der Waals surface area (Å²) in [6, 6.07) is 17.3. The summed E-state index contributed by atoms with van der Waals surface area (Å²) in [6.07, 6.45) is 1.72. The molecule has 0 aliphatic carbocycles. The van der Waals surface area contributed by atoms with Crippen LogP contribution >= 0.6 is 0 Å². The molecule has 1 N–H and O–H groups in total. The Bertz CT molecular complexity index is 1360. The van der Waals surface area contributed by atoms with Crippen LogP contribution in [0.25, 0.3) is 27.6 Å². The largest absolute Gasteiger partial charge is 0.495 e. The van der Waals surface area contributed by atoms with Gasteiger partial charge in [0.2, 0.25) is 0 Å². The Kier molecular flexibility index (Phi) is 3.79. The van der Waals surface area contributed by atoms with E-state index < -0.39 is 0 Å². The SMILES string of the molecule is COc1cc2c(cc1NCCn1nc3ccccn3c1=O)oc1ccccc12. The molecule has 5 rings (SSSR count). The van der Waals surface area contributed by atoms with E-state index >= 15 is 0 Å². The molecule has 3 aromatic heterocycles. The Hall–Kier alpha value is -3.74. The van der Waals surface area contributed by atoms with Gasteiger partial charge < -0.3 is 14.5 Å².